The first-order valence-electron chi connectivity index (χ1n) is 12.2. The first-order valence-corrected chi connectivity index (χ1v) is 13.1. The Hall–Kier alpha value is -3.66. The molecule has 1 aliphatic heterocycles. The van der Waals surface area contributed by atoms with Crippen molar-refractivity contribution in [2.75, 3.05) is 13.2 Å². The molecule has 0 saturated heterocycles. The Morgan fingerprint density at radius 1 is 1.32 bits per heavy atom. The summed E-state index contributed by atoms with van der Waals surface area (Å²) in [7, 11) is 0. The van der Waals surface area contributed by atoms with Crippen LogP contribution in [0, 0.1) is 16.0 Å². The summed E-state index contributed by atoms with van der Waals surface area (Å²) in [5, 5.41) is 27.5. The number of Topliss-reactive ketones (excluding diaryl/α,β-unsaturated/α-hetero) is 1. The number of nitrogens with zero attached hydrogens (tertiary/aromatic N) is 1. The number of nitrogens with one attached hydrogen (secondary N) is 1. The minimum atomic E-state index is -0.911. The number of phenols is 1. The Morgan fingerprint density at radius 3 is 2.70 bits per heavy atom. The molecule has 196 valence electrons. The Labute approximate surface area is 218 Å². The molecule has 37 heavy (non-hydrogen) atoms. The average molecular weight is 527 g/mol. The van der Waals surface area contributed by atoms with E-state index in [-0.39, 0.29) is 48.6 Å². The summed E-state index contributed by atoms with van der Waals surface area (Å²) in [6, 6.07) is 6.63. The molecule has 4 rings (SSSR count). The monoisotopic (exact) mass is 526 g/mol. The minimum Gasteiger partial charge on any atom is -0.500 e. The number of thiophene rings is 1. The van der Waals surface area contributed by atoms with Gasteiger partial charge in [-0.05, 0) is 49.3 Å². The number of allylic oxidation sites excluding steroid dienone is 3. The quantitative estimate of drug-likeness (QED) is 0.269. The highest BCUT2D eigenvalue weighted by atomic mass is 32.1. The standard InChI is InChI=1S/C27H30N2O7S/c1-5-35-21-12-17(10-19(26(21)31)29(33)34)24-23(27(32)36-13-14(2)3)15(4)28-18-9-16(11-20(30)25(18)24)22-7-6-8-37-22/h6-8,10,12,14,16,24,28,31H,5,9,11,13H2,1-4H3/t16-,24-/m1/s1. The number of rotatable bonds is 8. The molecule has 1 aromatic heterocycles. The van der Waals surface area contributed by atoms with E-state index in [1.54, 1.807) is 25.2 Å². The molecule has 0 spiro atoms. The van der Waals surface area contributed by atoms with Crippen LogP contribution in [0.5, 0.6) is 11.5 Å². The van der Waals surface area contributed by atoms with Crippen LogP contribution in [-0.2, 0) is 14.3 Å². The fourth-order valence-electron chi connectivity index (χ4n) is 4.87. The number of aromatic hydroxyl groups is 1. The maximum Gasteiger partial charge on any atom is 0.336 e. The second-order valence-corrected chi connectivity index (χ2v) is 10.6. The number of ketones is 1. The second-order valence-electron chi connectivity index (χ2n) is 9.60. The van der Waals surface area contributed by atoms with Gasteiger partial charge in [0.1, 0.15) is 0 Å². The van der Waals surface area contributed by atoms with E-state index in [0.29, 0.717) is 29.0 Å². The fourth-order valence-corrected chi connectivity index (χ4v) is 5.70. The highest BCUT2D eigenvalue weighted by Crippen LogP contribution is 2.49. The van der Waals surface area contributed by atoms with E-state index >= 15 is 0 Å². The van der Waals surface area contributed by atoms with Gasteiger partial charge >= 0.3 is 11.7 Å². The van der Waals surface area contributed by atoms with Gasteiger partial charge in [0.05, 0.1) is 23.7 Å². The molecule has 9 nitrogen and oxygen atoms in total. The summed E-state index contributed by atoms with van der Waals surface area (Å²) in [6.07, 6.45) is 0.811. The topological polar surface area (TPSA) is 128 Å². The van der Waals surface area contributed by atoms with Crippen LogP contribution < -0.4 is 10.1 Å². The zero-order valence-corrected chi connectivity index (χ0v) is 22.0. The van der Waals surface area contributed by atoms with E-state index in [4.69, 9.17) is 9.47 Å². The molecular formula is C27H30N2O7S. The molecule has 1 aliphatic carbocycles. The summed E-state index contributed by atoms with van der Waals surface area (Å²) in [5.74, 6) is -2.25. The third kappa shape index (κ3) is 5.24. The molecule has 1 aromatic carbocycles. The Bertz CT molecular complexity index is 1290. The molecular weight excluding hydrogens is 496 g/mol. The number of nitro groups is 1. The van der Waals surface area contributed by atoms with Gasteiger partial charge in [-0.2, -0.15) is 0 Å². The number of carbonyl (C=O) groups is 2. The van der Waals surface area contributed by atoms with E-state index in [1.807, 2.05) is 31.4 Å². The summed E-state index contributed by atoms with van der Waals surface area (Å²) in [5.41, 5.74) is 1.55. The number of hydrogen-bond acceptors (Lipinski definition) is 9. The van der Waals surface area contributed by atoms with Crippen molar-refractivity contribution in [2.45, 2.75) is 52.4 Å². The van der Waals surface area contributed by atoms with Gasteiger partial charge in [-0.15, -0.1) is 11.3 Å². The van der Waals surface area contributed by atoms with E-state index < -0.39 is 28.2 Å². The van der Waals surface area contributed by atoms with Crippen molar-refractivity contribution in [1.82, 2.24) is 5.32 Å². The summed E-state index contributed by atoms with van der Waals surface area (Å²) in [4.78, 5) is 39.2. The van der Waals surface area contributed by atoms with Gasteiger partial charge in [0.2, 0.25) is 5.75 Å². The Balaban J connectivity index is 1.88. The highest BCUT2D eigenvalue weighted by Gasteiger charge is 2.42. The summed E-state index contributed by atoms with van der Waals surface area (Å²) in [6.45, 7) is 7.60. The smallest absolute Gasteiger partial charge is 0.336 e. The Kier molecular flexibility index (Phi) is 7.68. The number of esters is 1. The van der Waals surface area contributed by atoms with Crippen molar-refractivity contribution < 1.29 is 29.1 Å². The Morgan fingerprint density at radius 2 is 2.08 bits per heavy atom. The number of hydrogen-bond donors (Lipinski definition) is 2. The maximum absolute atomic E-state index is 13.7. The van der Waals surface area contributed by atoms with Crippen LogP contribution in [0.25, 0.3) is 0 Å². The van der Waals surface area contributed by atoms with Crippen molar-refractivity contribution in [3.05, 3.63) is 72.7 Å². The largest absolute Gasteiger partial charge is 0.500 e. The maximum atomic E-state index is 13.7. The SMILES string of the molecule is CCOc1cc([C@@H]2C(C(=O)OCC(C)C)=C(C)NC3=C2C(=O)C[C@H](c2cccs2)C3)cc([N+](=O)[O-])c1O. The zero-order chi connectivity index (χ0) is 26.9. The van der Waals surface area contributed by atoms with Gasteiger partial charge in [-0.25, -0.2) is 4.79 Å². The average Bonchev–Trinajstić information content (AvgIpc) is 3.38. The van der Waals surface area contributed by atoms with E-state index in [9.17, 15) is 24.8 Å². The number of phenolic OH excluding ortho intramolecular Hbond substituents is 1. The lowest BCUT2D eigenvalue weighted by Crippen LogP contribution is -2.36. The third-order valence-electron chi connectivity index (χ3n) is 6.45. The van der Waals surface area contributed by atoms with Crippen molar-refractivity contribution >= 4 is 28.8 Å². The summed E-state index contributed by atoms with van der Waals surface area (Å²) < 4.78 is 11.0. The molecule has 2 atom stereocenters. The first-order chi connectivity index (χ1) is 17.6. The minimum absolute atomic E-state index is 0.00483. The molecule has 0 bridgehead atoms. The molecule has 0 fully saturated rings. The lowest BCUT2D eigenvalue weighted by molar-refractivity contribution is -0.386. The van der Waals surface area contributed by atoms with Gasteiger partial charge < -0.3 is 19.9 Å². The number of benzene rings is 1. The van der Waals surface area contributed by atoms with Crippen molar-refractivity contribution in [3.8, 4) is 11.5 Å². The second kappa shape index (κ2) is 10.8. The molecule has 2 heterocycles. The number of ether oxygens (including phenoxy) is 2. The fraction of sp³-hybridized carbons (Fsp3) is 0.407. The van der Waals surface area contributed by atoms with Crippen LogP contribution in [0.15, 0.2) is 52.2 Å². The molecule has 2 aliphatic rings. The van der Waals surface area contributed by atoms with Crippen LogP contribution in [0.1, 0.15) is 62.8 Å². The van der Waals surface area contributed by atoms with Crippen molar-refractivity contribution in [2.24, 2.45) is 5.92 Å². The van der Waals surface area contributed by atoms with Gasteiger partial charge in [-0.3, -0.25) is 14.9 Å². The molecule has 0 amide bonds. The third-order valence-corrected chi connectivity index (χ3v) is 7.48. The van der Waals surface area contributed by atoms with Gasteiger partial charge in [-0.1, -0.05) is 19.9 Å². The lowest BCUT2D eigenvalue weighted by Gasteiger charge is -2.36. The van der Waals surface area contributed by atoms with E-state index in [2.05, 4.69) is 5.32 Å². The van der Waals surface area contributed by atoms with Crippen LogP contribution in [0.2, 0.25) is 0 Å². The molecule has 2 N–H and O–H groups in total. The molecule has 0 unspecified atom stereocenters. The molecule has 10 heteroatoms. The van der Waals surface area contributed by atoms with Crippen LogP contribution in [0.3, 0.4) is 0 Å². The highest BCUT2D eigenvalue weighted by molar-refractivity contribution is 7.10. The van der Waals surface area contributed by atoms with Crippen LogP contribution >= 0.6 is 11.3 Å². The van der Waals surface area contributed by atoms with E-state index in [1.165, 1.54) is 12.1 Å². The van der Waals surface area contributed by atoms with Gasteiger partial charge in [0.25, 0.3) is 0 Å². The number of nitro benzene ring substituents is 1. The number of carbonyl (C=O) groups excluding carboxylic acids is 2. The van der Waals surface area contributed by atoms with Crippen molar-refractivity contribution in [3.63, 3.8) is 0 Å². The normalized spacial score (nSPS) is 19.5. The molecule has 0 radical (unpaired) electrons. The number of dihydropyridines is 1. The first kappa shape index (κ1) is 26.4. The molecule has 2 aromatic rings. The lowest BCUT2D eigenvalue weighted by atomic mass is 9.72. The van der Waals surface area contributed by atoms with Crippen LogP contribution in [-0.4, -0.2) is 35.0 Å². The van der Waals surface area contributed by atoms with Gasteiger partial charge in [0, 0.05) is 46.2 Å². The predicted octanol–water partition coefficient (Wildman–Crippen LogP) is 5.32. The molecule has 0 saturated carbocycles. The van der Waals surface area contributed by atoms with Crippen molar-refractivity contribution in [1.29, 1.82) is 0 Å². The summed E-state index contributed by atoms with van der Waals surface area (Å²) >= 11 is 1.59. The van der Waals surface area contributed by atoms with Gasteiger partial charge in [0.15, 0.2) is 11.5 Å². The van der Waals surface area contributed by atoms with Crippen LogP contribution in [0.4, 0.5) is 5.69 Å². The zero-order valence-electron chi connectivity index (χ0n) is 21.2. The predicted molar refractivity (Wildman–Crippen MR) is 139 cm³/mol. The van der Waals surface area contributed by atoms with E-state index in [0.717, 1.165) is 4.88 Å².